The summed E-state index contributed by atoms with van der Waals surface area (Å²) in [6, 6.07) is 3.50. The Morgan fingerprint density at radius 3 is 2.88 bits per heavy atom. The number of imidazole rings is 1. The topological polar surface area (TPSA) is 92.7 Å². The second-order valence-corrected chi connectivity index (χ2v) is 7.78. The van der Waals surface area contributed by atoms with Crippen molar-refractivity contribution in [1.82, 2.24) is 19.9 Å². The second-order valence-electron chi connectivity index (χ2n) is 7.35. The van der Waals surface area contributed by atoms with Crippen molar-refractivity contribution in [2.75, 3.05) is 0 Å². The largest absolute Gasteiger partial charge is 0.385 e. The lowest BCUT2D eigenvalue weighted by atomic mass is 9.88. The SMILES string of the molecule is Cc1cc(C(=O)NC2[C@H]3CC(O)(c4cc(Cl)cn5cncc45)C[C@@H]23)no1. The van der Waals surface area contributed by atoms with Gasteiger partial charge in [0.25, 0.3) is 5.91 Å². The first-order chi connectivity index (χ1) is 12.4. The molecule has 2 saturated carbocycles. The van der Waals surface area contributed by atoms with E-state index in [9.17, 15) is 9.90 Å². The van der Waals surface area contributed by atoms with Gasteiger partial charge in [-0.3, -0.25) is 4.79 Å². The molecule has 2 N–H and O–H groups in total. The van der Waals surface area contributed by atoms with Crippen LogP contribution in [0.3, 0.4) is 0 Å². The van der Waals surface area contributed by atoms with Gasteiger partial charge < -0.3 is 19.3 Å². The molecular weight excluding hydrogens is 356 g/mol. The first kappa shape index (κ1) is 15.8. The number of pyridine rings is 1. The molecule has 0 radical (unpaired) electrons. The lowest BCUT2D eigenvalue weighted by Gasteiger charge is -2.27. The molecule has 7 nitrogen and oxygen atoms in total. The zero-order chi connectivity index (χ0) is 18.1. The van der Waals surface area contributed by atoms with Gasteiger partial charge in [-0.05, 0) is 37.7 Å². The summed E-state index contributed by atoms with van der Waals surface area (Å²) >= 11 is 6.20. The van der Waals surface area contributed by atoms with Gasteiger partial charge in [0.15, 0.2) is 5.69 Å². The normalized spacial score (nSPS) is 29.7. The molecule has 2 unspecified atom stereocenters. The molecule has 2 aliphatic carbocycles. The zero-order valence-corrected chi connectivity index (χ0v) is 14.8. The summed E-state index contributed by atoms with van der Waals surface area (Å²) in [7, 11) is 0. The summed E-state index contributed by atoms with van der Waals surface area (Å²) in [4.78, 5) is 16.4. The number of aliphatic hydroxyl groups is 1. The number of carbonyl (C=O) groups excluding carboxylic acids is 1. The molecule has 0 saturated heterocycles. The number of aromatic nitrogens is 3. The van der Waals surface area contributed by atoms with Crippen LogP contribution in [0, 0.1) is 18.8 Å². The van der Waals surface area contributed by atoms with Crippen LogP contribution in [-0.2, 0) is 5.60 Å². The van der Waals surface area contributed by atoms with Crippen LogP contribution in [0.2, 0.25) is 5.02 Å². The summed E-state index contributed by atoms with van der Waals surface area (Å²) in [6.45, 7) is 1.75. The van der Waals surface area contributed by atoms with Crippen LogP contribution in [-0.4, -0.2) is 31.6 Å². The Labute approximate surface area is 154 Å². The minimum absolute atomic E-state index is 0.0693. The number of hydrogen-bond donors (Lipinski definition) is 2. The number of halogens is 1. The van der Waals surface area contributed by atoms with E-state index in [2.05, 4.69) is 15.5 Å². The van der Waals surface area contributed by atoms with Gasteiger partial charge >= 0.3 is 0 Å². The molecule has 5 rings (SSSR count). The molecule has 3 aromatic rings. The Kier molecular flexibility index (Phi) is 3.24. The van der Waals surface area contributed by atoms with Crippen LogP contribution in [0.4, 0.5) is 0 Å². The molecule has 4 atom stereocenters. The minimum atomic E-state index is -0.951. The van der Waals surface area contributed by atoms with Crippen molar-refractivity contribution >= 4 is 23.0 Å². The maximum atomic E-state index is 12.2. The molecule has 3 aromatic heterocycles. The van der Waals surface area contributed by atoms with Crippen molar-refractivity contribution < 1.29 is 14.4 Å². The summed E-state index contributed by atoms with van der Waals surface area (Å²) in [6.07, 6.45) is 6.35. The van der Waals surface area contributed by atoms with Crippen LogP contribution in [0.15, 0.2) is 35.4 Å². The van der Waals surface area contributed by atoms with E-state index in [1.807, 2.05) is 10.5 Å². The standard InChI is InChI=1S/C18H17ClN4O3/c1-9-2-14(22-26-9)17(24)21-16-11-4-18(25,5-12(11)16)13-3-10(19)7-23-8-20-6-15(13)23/h2-3,6-8,11-12,16,25H,4-5H2,1H3,(H,21,24)/t11-,12+,16?,18?. The molecule has 0 aromatic carbocycles. The van der Waals surface area contributed by atoms with E-state index < -0.39 is 5.60 Å². The van der Waals surface area contributed by atoms with Gasteiger partial charge in [0, 0.05) is 23.9 Å². The van der Waals surface area contributed by atoms with Gasteiger partial charge in [-0.1, -0.05) is 16.8 Å². The predicted octanol–water partition coefficient (Wildman–Crippen LogP) is 2.31. The van der Waals surface area contributed by atoms with Crippen molar-refractivity contribution in [1.29, 1.82) is 0 Å². The van der Waals surface area contributed by atoms with E-state index in [0.717, 1.165) is 11.1 Å². The highest BCUT2D eigenvalue weighted by molar-refractivity contribution is 6.30. The highest BCUT2D eigenvalue weighted by Crippen LogP contribution is 2.60. The number of nitrogens with zero attached hydrogens (tertiary/aromatic N) is 3. The average Bonchev–Trinajstić information content (AvgIpc) is 3.06. The van der Waals surface area contributed by atoms with Crippen LogP contribution in [0.5, 0.6) is 0 Å². The summed E-state index contributed by atoms with van der Waals surface area (Å²) in [5, 5.41) is 18.5. The van der Waals surface area contributed by atoms with Gasteiger partial charge in [-0.25, -0.2) is 4.98 Å². The van der Waals surface area contributed by atoms with Crippen LogP contribution >= 0.6 is 11.6 Å². The highest BCUT2D eigenvalue weighted by atomic mass is 35.5. The van der Waals surface area contributed by atoms with Gasteiger partial charge in [0.1, 0.15) is 5.76 Å². The molecule has 8 heteroatoms. The van der Waals surface area contributed by atoms with Gasteiger partial charge in [0.2, 0.25) is 0 Å². The van der Waals surface area contributed by atoms with E-state index in [4.69, 9.17) is 16.1 Å². The Hall–Kier alpha value is -2.38. The maximum absolute atomic E-state index is 12.2. The number of fused-ring (bicyclic) bond motifs is 2. The fourth-order valence-electron chi connectivity index (χ4n) is 4.37. The quantitative estimate of drug-likeness (QED) is 0.736. The second kappa shape index (κ2) is 5.31. The van der Waals surface area contributed by atoms with Gasteiger partial charge in [-0.15, -0.1) is 0 Å². The number of nitrogens with one attached hydrogen (secondary N) is 1. The first-order valence-corrected chi connectivity index (χ1v) is 8.91. The van der Waals surface area contributed by atoms with E-state index in [0.29, 0.717) is 29.3 Å². The van der Waals surface area contributed by atoms with Crippen LogP contribution in [0.1, 0.15) is 34.7 Å². The molecule has 2 fully saturated rings. The summed E-state index contributed by atoms with van der Waals surface area (Å²) in [5.41, 5.74) is 0.995. The molecule has 3 heterocycles. The number of hydrogen-bond acceptors (Lipinski definition) is 5. The fraction of sp³-hybridized carbons (Fsp3) is 0.389. The lowest BCUT2D eigenvalue weighted by molar-refractivity contribution is 0.0289. The molecule has 0 bridgehead atoms. The third-order valence-electron chi connectivity index (χ3n) is 5.62. The highest BCUT2D eigenvalue weighted by Gasteiger charge is 2.62. The smallest absolute Gasteiger partial charge is 0.273 e. The van der Waals surface area contributed by atoms with E-state index >= 15 is 0 Å². The predicted molar refractivity (Wildman–Crippen MR) is 92.8 cm³/mol. The average molecular weight is 373 g/mol. The number of amides is 1. The molecule has 0 spiro atoms. The number of rotatable bonds is 3. The lowest BCUT2D eigenvalue weighted by Crippen LogP contribution is -2.33. The van der Waals surface area contributed by atoms with Crippen molar-refractivity contribution in [3.63, 3.8) is 0 Å². The number of aryl methyl sites for hydroxylation is 1. The van der Waals surface area contributed by atoms with Crippen molar-refractivity contribution in [3.05, 3.63) is 52.9 Å². The maximum Gasteiger partial charge on any atom is 0.273 e. The first-order valence-electron chi connectivity index (χ1n) is 8.53. The van der Waals surface area contributed by atoms with Crippen molar-refractivity contribution in [3.8, 4) is 0 Å². The van der Waals surface area contributed by atoms with E-state index in [-0.39, 0.29) is 23.8 Å². The fourth-order valence-corrected chi connectivity index (χ4v) is 4.58. The third kappa shape index (κ3) is 2.34. The van der Waals surface area contributed by atoms with E-state index in [1.54, 1.807) is 31.7 Å². The molecule has 134 valence electrons. The summed E-state index contributed by atoms with van der Waals surface area (Å²) in [5.74, 6) is 0.870. The van der Waals surface area contributed by atoms with Gasteiger partial charge in [-0.2, -0.15) is 0 Å². The Morgan fingerprint density at radius 1 is 1.42 bits per heavy atom. The van der Waals surface area contributed by atoms with Crippen LogP contribution in [0.25, 0.3) is 5.52 Å². The number of carbonyl (C=O) groups is 1. The third-order valence-corrected chi connectivity index (χ3v) is 5.83. The summed E-state index contributed by atoms with van der Waals surface area (Å²) < 4.78 is 6.77. The molecular formula is C18H17ClN4O3. The van der Waals surface area contributed by atoms with Crippen LogP contribution < -0.4 is 5.32 Å². The Balaban J connectivity index is 1.33. The molecule has 2 aliphatic rings. The minimum Gasteiger partial charge on any atom is -0.385 e. The van der Waals surface area contributed by atoms with Crippen molar-refractivity contribution in [2.24, 2.45) is 11.8 Å². The molecule has 0 aliphatic heterocycles. The molecule has 26 heavy (non-hydrogen) atoms. The van der Waals surface area contributed by atoms with Gasteiger partial charge in [0.05, 0.1) is 28.7 Å². The Bertz CT molecular complexity index is 1010. The Morgan fingerprint density at radius 2 is 2.19 bits per heavy atom. The van der Waals surface area contributed by atoms with E-state index in [1.165, 1.54) is 0 Å². The monoisotopic (exact) mass is 372 g/mol. The zero-order valence-electron chi connectivity index (χ0n) is 14.0. The molecule has 1 amide bonds. The van der Waals surface area contributed by atoms with Crippen molar-refractivity contribution in [2.45, 2.75) is 31.4 Å².